The molecular formula is C5H11NOS. The Bertz CT molecular complexity index is 78.5. The van der Waals surface area contributed by atoms with Crippen LogP contribution in [0.1, 0.15) is 12.8 Å². The van der Waals surface area contributed by atoms with Gasteiger partial charge in [-0.05, 0) is 12.8 Å². The van der Waals surface area contributed by atoms with E-state index in [4.69, 9.17) is 10.8 Å². The minimum absolute atomic E-state index is 0.105. The average Bonchev–Trinajstić information content (AvgIpc) is 1.85. The van der Waals surface area contributed by atoms with E-state index in [1.807, 2.05) is 0 Å². The summed E-state index contributed by atoms with van der Waals surface area (Å²) in [7, 11) is 0. The van der Waals surface area contributed by atoms with Crippen molar-refractivity contribution in [3.8, 4) is 0 Å². The first-order chi connectivity index (χ1) is 3.70. The van der Waals surface area contributed by atoms with Crippen LogP contribution >= 0.6 is 12.6 Å². The summed E-state index contributed by atoms with van der Waals surface area (Å²) in [5, 5.41) is 9.15. The third-order valence-electron chi connectivity index (χ3n) is 1.55. The van der Waals surface area contributed by atoms with Crippen molar-refractivity contribution in [2.24, 2.45) is 5.73 Å². The van der Waals surface area contributed by atoms with Crippen LogP contribution in [0.2, 0.25) is 0 Å². The maximum Gasteiger partial charge on any atom is 0.0566 e. The van der Waals surface area contributed by atoms with Crippen molar-refractivity contribution >= 4 is 12.6 Å². The summed E-state index contributed by atoms with van der Waals surface area (Å²) in [5.41, 5.74) is 5.53. The maximum atomic E-state index is 8.94. The molecule has 0 spiro atoms. The zero-order valence-corrected chi connectivity index (χ0v) is 5.51. The van der Waals surface area contributed by atoms with Crippen molar-refractivity contribution in [2.75, 3.05) is 0 Å². The smallest absolute Gasteiger partial charge is 0.0566 e. The van der Waals surface area contributed by atoms with Crippen LogP contribution in [0.4, 0.5) is 0 Å². The largest absolute Gasteiger partial charge is 0.393 e. The predicted molar refractivity (Wildman–Crippen MR) is 36.0 cm³/mol. The van der Waals surface area contributed by atoms with Crippen LogP contribution < -0.4 is 5.73 Å². The van der Waals surface area contributed by atoms with Gasteiger partial charge in [0.25, 0.3) is 0 Å². The molecule has 1 fully saturated rings. The van der Waals surface area contributed by atoms with Gasteiger partial charge in [-0.2, -0.15) is 12.6 Å². The highest BCUT2D eigenvalue weighted by Crippen LogP contribution is 2.21. The second-order valence-electron chi connectivity index (χ2n) is 2.36. The highest BCUT2D eigenvalue weighted by Gasteiger charge is 2.27. The van der Waals surface area contributed by atoms with Crippen LogP contribution in [0.25, 0.3) is 0 Å². The zero-order chi connectivity index (χ0) is 6.15. The van der Waals surface area contributed by atoms with E-state index < -0.39 is 0 Å². The Labute approximate surface area is 54.5 Å². The number of nitrogens with two attached hydrogens (primary N) is 1. The Morgan fingerprint density at radius 3 is 2.25 bits per heavy atom. The first-order valence-electron chi connectivity index (χ1n) is 2.82. The van der Waals surface area contributed by atoms with Gasteiger partial charge in [-0.1, -0.05) is 0 Å². The van der Waals surface area contributed by atoms with Crippen LogP contribution in [-0.2, 0) is 0 Å². The van der Waals surface area contributed by atoms with Gasteiger partial charge in [0.1, 0.15) is 0 Å². The lowest BCUT2D eigenvalue weighted by Gasteiger charge is -2.04. The van der Waals surface area contributed by atoms with E-state index in [0.29, 0.717) is 6.42 Å². The molecule has 0 saturated heterocycles. The summed E-state index contributed by atoms with van der Waals surface area (Å²) in [6, 6.07) is 0.105. The van der Waals surface area contributed by atoms with Gasteiger partial charge in [-0.3, -0.25) is 0 Å². The van der Waals surface area contributed by atoms with Gasteiger partial charge in [0.2, 0.25) is 0 Å². The fraction of sp³-hybridized carbons (Fsp3) is 1.00. The van der Waals surface area contributed by atoms with E-state index in [0.717, 1.165) is 6.42 Å². The van der Waals surface area contributed by atoms with Crippen LogP contribution in [0, 0.1) is 0 Å². The summed E-state index contributed by atoms with van der Waals surface area (Å²) in [6.45, 7) is 0. The number of aliphatic hydroxyl groups is 1. The molecule has 0 aromatic rings. The number of hydrogen-bond donors (Lipinski definition) is 3. The second-order valence-corrected chi connectivity index (χ2v) is 3.02. The van der Waals surface area contributed by atoms with Gasteiger partial charge in [0.05, 0.1) is 6.10 Å². The third-order valence-corrected chi connectivity index (χ3v) is 2.15. The summed E-state index contributed by atoms with van der Waals surface area (Å²) in [5.74, 6) is 0. The molecule has 2 nitrogen and oxygen atoms in total. The Balaban J connectivity index is 2.39. The quantitative estimate of drug-likeness (QED) is 0.400. The first-order valence-corrected chi connectivity index (χ1v) is 3.33. The van der Waals surface area contributed by atoms with Gasteiger partial charge >= 0.3 is 0 Å². The standard InChI is InChI=1S/C5H11NOS/c6-4-1-3(7)2-5(4)8/h3-5,7-8H,1-2,6H2. The van der Waals surface area contributed by atoms with Crippen molar-refractivity contribution in [3.05, 3.63) is 0 Å². The van der Waals surface area contributed by atoms with Crippen molar-refractivity contribution in [2.45, 2.75) is 30.2 Å². The summed E-state index contributed by atoms with van der Waals surface area (Å²) < 4.78 is 0. The summed E-state index contributed by atoms with van der Waals surface area (Å²) in [4.78, 5) is 0. The number of rotatable bonds is 0. The van der Waals surface area contributed by atoms with E-state index in [2.05, 4.69) is 12.6 Å². The highest BCUT2D eigenvalue weighted by atomic mass is 32.1. The molecule has 1 aliphatic carbocycles. The van der Waals surface area contributed by atoms with E-state index >= 15 is 0 Å². The van der Waals surface area contributed by atoms with Gasteiger partial charge in [0.15, 0.2) is 0 Å². The molecule has 0 bridgehead atoms. The Hall–Kier alpha value is 0.270. The van der Waals surface area contributed by atoms with E-state index in [9.17, 15) is 0 Å². The van der Waals surface area contributed by atoms with Gasteiger partial charge in [0, 0.05) is 11.3 Å². The molecule has 0 amide bonds. The van der Waals surface area contributed by atoms with Gasteiger partial charge < -0.3 is 10.8 Å². The van der Waals surface area contributed by atoms with Crippen LogP contribution in [0.15, 0.2) is 0 Å². The summed E-state index contributed by atoms with van der Waals surface area (Å²) >= 11 is 4.16. The molecular weight excluding hydrogens is 122 g/mol. The molecule has 1 rings (SSSR count). The fourth-order valence-electron chi connectivity index (χ4n) is 1.02. The molecule has 0 radical (unpaired) electrons. The molecule has 48 valence electrons. The van der Waals surface area contributed by atoms with E-state index in [-0.39, 0.29) is 17.4 Å². The van der Waals surface area contributed by atoms with Crippen molar-refractivity contribution < 1.29 is 5.11 Å². The molecule has 0 aromatic carbocycles. The molecule has 0 heterocycles. The number of thiol groups is 1. The lowest BCUT2D eigenvalue weighted by atomic mass is 10.3. The monoisotopic (exact) mass is 133 g/mol. The first kappa shape index (κ1) is 6.39. The van der Waals surface area contributed by atoms with Crippen LogP contribution in [0.5, 0.6) is 0 Å². The average molecular weight is 133 g/mol. The maximum absolute atomic E-state index is 8.94. The molecule has 1 saturated carbocycles. The predicted octanol–water partition coefficient (Wildman–Crippen LogP) is -0.233. The zero-order valence-electron chi connectivity index (χ0n) is 4.62. The highest BCUT2D eigenvalue weighted by molar-refractivity contribution is 7.81. The molecule has 3 heteroatoms. The third kappa shape index (κ3) is 1.16. The molecule has 8 heavy (non-hydrogen) atoms. The molecule has 3 unspecified atom stereocenters. The Kier molecular flexibility index (Phi) is 1.80. The lowest BCUT2D eigenvalue weighted by molar-refractivity contribution is 0.182. The minimum Gasteiger partial charge on any atom is -0.393 e. The lowest BCUT2D eigenvalue weighted by Crippen LogP contribution is -2.24. The van der Waals surface area contributed by atoms with E-state index in [1.54, 1.807) is 0 Å². The molecule has 0 aromatic heterocycles. The van der Waals surface area contributed by atoms with Crippen LogP contribution in [-0.4, -0.2) is 22.5 Å². The van der Waals surface area contributed by atoms with Crippen molar-refractivity contribution in [1.29, 1.82) is 0 Å². The van der Waals surface area contributed by atoms with Crippen molar-refractivity contribution in [1.82, 2.24) is 0 Å². The summed E-state index contributed by atoms with van der Waals surface area (Å²) in [6.07, 6.45) is 1.27. The van der Waals surface area contributed by atoms with E-state index in [1.165, 1.54) is 0 Å². The molecule has 3 N–H and O–H groups in total. The Morgan fingerprint density at radius 2 is 2.12 bits per heavy atom. The SMILES string of the molecule is NC1CC(O)CC1S. The molecule has 3 atom stereocenters. The topological polar surface area (TPSA) is 46.2 Å². The Morgan fingerprint density at radius 1 is 1.50 bits per heavy atom. The number of hydrogen-bond acceptors (Lipinski definition) is 3. The molecule has 0 aliphatic heterocycles. The fourth-order valence-corrected chi connectivity index (χ4v) is 1.39. The normalized spacial score (nSPS) is 47.6. The van der Waals surface area contributed by atoms with Gasteiger partial charge in [-0.15, -0.1) is 0 Å². The number of aliphatic hydroxyl groups excluding tert-OH is 1. The van der Waals surface area contributed by atoms with Crippen molar-refractivity contribution in [3.63, 3.8) is 0 Å². The second kappa shape index (κ2) is 2.25. The van der Waals surface area contributed by atoms with Crippen LogP contribution in [0.3, 0.4) is 0 Å². The van der Waals surface area contributed by atoms with Gasteiger partial charge in [-0.25, -0.2) is 0 Å². The molecule has 1 aliphatic rings. The minimum atomic E-state index is -0.201.